The zero-order chi connectivity index (χ0) is 31.1. The number of anilines is 1. The Morgan fingerprint density at radius 3 is 2.07 bits per heavy atom. The second-order valence-corrected chi connectivity index (χ2v) is 12.3. The molecule has 44 heavy (non-hydrogen) atoms. The molecule has 0 fully saturated rings. The number of hydrogen-bond acceptors (Lipinski definition) is 3. The summed E-state index contributed by atoms with van der Waals surface area (Å²) in [5.41, 5.74) is 10.2. The molecule has 224 valence electrons. The summed E-state index contributed by atoms with van der Waals surface area (Å²) >= 11 is 0. The quantitative estimate of drug-likeness (QED) is 0.148. The largest absolute Gasteiger partial charge is 0.367 e. The van der Waals surface area contributed by atoms with Crippen LogP contribution in [0.3, 0.4) is 0 Å². The maximum Gasteiger partial charge on any atom is 0.294 e. The predicted molar refractivity (Wildman–Crippen MR) is 181 cm³/mol. The van der Waals surface area contributed by atoms with Crippen LogP contribution >= 0.6 is 0 Å². The highest BCUT2D eigenvalue weighted by Crippen LogP contribution is 2.33. The van der Waals surface area contributed by atoms with Crippen molar-refractivity contribution < 1.29 is 17.5 Å². The zero-order valence-corrected chi connectivity index (χ0v) is 26.3. The fraction of sp³-hybridized carbons (Fsp3) is 0.184. The molecule has 0 heterocycles. The first-order valence-corrected chi connectivity index (χ1v) is 16.4. The van der Waals surface area contributed by atoms with E-state index in [9.17, 15) is 13.0 Å². The number of aryl methyl sites for hydroxylation is 1. The van der Waals surface area contributed by atoms with E-state index < -0.39 is 10.1 Å². The summed E-state index contributed by atoms with van der Waals surface area (Å²) in [7, 11) is -4.25. The van der Waals surface area contributed by atoms with Crippen LogP contribution in [0.5, 0.6) is 0 Å². The van der Waals surface area contributed by atoms with E-state index in [0.29, 0.717) is 6.54 Å². The fourth-order valence-electron chi connectivity index (χ4n) is 5.61. The molecule has 0 aromatic heterocycles. The first-order valence-electron chi connectivity index (χ1n) is 15.0. The number of rotatable bonds is 10. The minimum atomic E-state index is -4.25. The van der Waals surface area contributed by atoms with Gasteiger partial charge >= 0.3 is 0 Å². The van der Waals surface area contributed by atoms with Gasteiger partial charge in [-0.3, -0.25) is 4.55 Å². The Hall–Kier alpha value is -4.52. The summed E-state index contributed by atoms with van der Waals surface area (Å²) in [4.78, 5) is 2.29. The lowest BCUT2D eigenvalue weighted by Gasteiger charge is -2.24. The van der Waals surface area contributed by atoms with Gasteiger partial charge in [0.05, 0.1) is 4.90 Å². The van der Waals surface area contributed by atoms with Crippen molar-refractivity contribution in [2.24, 2.45) is 0 Å². The summed E-state index contributed by atoms with van der Waals surface area (Å²) in [5.74, 6) is 0. The monoisotopic (exact) mass is 603 g/mol. The standard InChI is InChI=1S/C38H38N2O3S/c1-4-39(27-30-13-7-6-8-14-30)34-22-18-32(19-23-34)38(37-17-10-9-12-29(37)3)33-20-24-35(25-21-33)40(5-2)28-31-15-11-16-36(26-31)44(41,42)43/h6-26H,4-5,27-28H2,1-3H3/p+1. The van der Waals surface area contributed by atoms with E-state index in [1.807, 2.05) is 6.07 Å². The highest BCUT2D eigenvalue weighted by atomic mass is 32.2. The van der Waals surface area contributed by atoms with Gasteiger partial charge in [0.25, 0.3) is 10.1 Å². The lowest BCUT2D eigenvalue weighted by Crippen LogP contribution is -2.21. The molecule has 0 unspecified atom stereocenters. The molecule has 6 heteroatoms. The Morgan fingerprint density at radius 1 is 0.773 bits per heavy atom. The Labute approximate surface area is 261 Å². The third kappa shape index (κ3) is 7.33. The number of nitrogens with zero attached hydrogens (tertiary/aromatic N) is 2. The molecule has 4 aromatic rings. The van der Waals surface area contributed by atoms with E-state index in [1.54, 1.807) is 6.07 Å². The van der Waals surface area contributed by atoms with Crippen LogP contribution in [0.15, 0.2) is 138 Å². The van der Waals surface area contributed by atoms with Gasteiger partial charge in [-0.25, -0.2) is 4.58 Å². The second-order valence-electron chi connectivity index (χ2n) is 10.9. The minimum Gasteiger partial charge on any atom is -0.367 e. The van der Waals surface area contributed by atoms with Crippen LogP contribution in [0.1, 0.15) is 41.7 Å². The van der Waals surface area contributed by atoms with Gasteiger partial charge in [0, 0.05) is 36.5 Å². The molecule has 0 bridgehead atoms. The molecule has 1 aliphatic rings. The van der Waals surface area contributed by atoms with Crippen LogP contribution in [0.2, 0.25) is 0 Å². The van der Waals surface area contributed by atoms with Crippen molar-refractivity contribution in [2.75, 3.05) is 18.0 Å². The Balaban J connectivity index is 1.48. The van der Waals surface area contributed by atoms with Gasteiger partial charge in [0.2, 0.25) is 0 Å². The second kappa shape index (κ2) is 13.8. The summed E-state index contributed by atoms with van der Waals surface area (Å²) in [6.07, 6.45) is 8.57. The summed E-state index contributed by atoms with van der Waals surface area (Å²) < 4.78 is 35.0. The summed E-state index contributed by atoms with van der Waals surface area (Å²) in [6, 6.07) is 34.4. The van der Waals surface area contributed by atoms with Crippen molar-refractivity contribution >= 4 is 27.1 Å². The van der Waals surface area contributed by atoms with Crippen LogP contribution in [0.4, 0.5) is 5.69 Å². The highest BCUT2D eigenvalue weighted by Gasteiger charge is 2.18. The van der Waals surface area contributed by atoms with Crippen molar-refractivity contribution in [3.05, 3.63) is 161 Å². The summed E-state index contributed by atoms with van der Waals surface area (Å²) in [5, 5.41) is 0. The number of hydrogen-bond donors (Lipinski definition) is 1. The van der Waals surface area contributed by atoms with Gasteiger partial charge in [-0.15, -0.1) is 0 Å². The molecule has 0 saturated carbocycles. The average molecular weight is 604 g/mol. The highest BCUT2D eigenvalue weighted by molar-refractivity contribution is 7.85. The van der Waals surface area contributed by atoms with Crippen molar-refractivity contribution in [2.45, 2.75) is 38.8 Å². The molecule has 1 aliphatic carbocycles. The molecule has 0 radical (unpaired) electrons. The first-order chi connectivity index (χ1) is 21.3. The molecule has 0 spiro atoms. The molecule has 0 atom stereocenters. The Morgan fingerprint density at radius 2 is 1.43 bits per heavy atom. The lowest BCUT2D eigenvalue weighted by molar-refractivity contribution is -0.539. The van der Waals surface area contributed by atoms with Crippen LogP contribution in [0.25, 0.3) is 5.57 Å². The number of benzene rings is 4. The molecule has 1 N–H and O–H groups in total. The fourth-order valence-corrected chi connectivity index (χ4v) is 6.16. The van der Waals surface area contributed by atoms with Gasteiger partial charge in [-0.2, -0.15) is 8.42 Å². The molecular formula is C38H39N2O3S+. The van der Waals surface area contributed by atoms with Crippen molar-refractivity contribution in [3.8, 4) is 0 Å². The lowest BCUT2D eigenvalue weighted by atomic mass is 9.88. The molecular weight excluding hydrogens is 564 g/mol. The molecule has 0 aliphatic heterocycles. The van der Waals surface area contributed by atoms with Crippen LogP contribution in [0, 0.1) is 6.92 Å². The molecule has 0 saturated heterocycles. The van der Waals surface area contributed by atoms with Crippen molar-refractivity contribution in [3.63, 3.8) is 0 Å². The summed E-state index contributed by atoms with van der Waals surface area (Å²) in [6.45, 7) is 9.45. The van der Waals surface area contributed by atoms with Gasteiger partial charge in [-0.05, 0) is 90.6 Å². The third-order valence-corrected chi connectivity index (χ3v) is 8.86. The maximum absolute atomic E-state index is 11.6. The van der Waals surface area contributed by atoms with Crippen LogP contribution < -0.4 is 4.90 Å². The molecule has 4 aromatic carbocycles. The van der Waals surface area contributed by atoms with Crippen LogP contribution in [-0.4, -0.2) is 36.3 Å². The van der Waals surface area contributed by atoms with Crippen LogP contribution in [-0.2, 0) is 23.2 Å². The topological polar surface area (TPSA) is 60.6 Å². The predicted octanol–water partition coefficient (Wildman–Crippen LogP) is 7.87. The smallest absolute Gasteiger partial charge is 0.294 e. The van der Waals surface area contributed by atoms with E-state index in [-0.39, 0.29) is 4.90 Å². The van der Waals surface area contributed by atoms with Gasteiger partial charge in [0.15, 0.2) is 12.3 Å². The maximum atomic E-state index is 11.6. The Bertz CT molecular complexity index is 1830. The zero-order valence-electron chi connectivity index (χ0n) is 25.5. The normalized spacial score (nSPS) is 12.8. The average Bonchev–Trinajstić information content (AvgIpc) is 3.04. The first kappa shape index (κ1) is 30.9. The molecule has 5 nitrogen and oxygen atoms in total. The van der Waals surface area contributed by atoms with Gasteiger partial charge < -0.3 is 4.90 Å². The third-order valence-electron chi connectivity index (χ3n) is 8.01. The SMILES string of the molecule is CCN(Cc1ccccc1)c1ccc(C(=C2C=CC(=[N+](CC)Cc3cccc(S(=O)(=O)O)c3)C=C2)c2ccccc2C)cc1. The van der Waals surface area contributed by atoms with E-state index in [2.05, 4.69) is 133 Å². The van der Waals surface area contributed by atoms with Crippen molar-refractivity contribution in [1.29, 1.82) is 0 Å². The van der Waals surface area contributed by atoms with Crippen molar-refractivity contribution in [1.82, 2.24) is 0 Å². The van der Waals surface area contributed by atoms with E-state index in [0.717, 1.165) is 42.0 Å². The Kier molecular flexibility index (Phi) is 9.73. The van der Waals surface area contributed by atoms with Gasteiger partial charge in [0.1, 0.15) is 6.54 Å². The minimum absolute atomic E-state index is 0.0907. The van der Waals surface area contributed by atoms with E-state index in [1.165, 1.54) is 40.1 Å². The van der Waals surface area contributed by atoms with E-state index >= 15 is 0 Å². The number of allylic oxidation sites excluding steroid dienone is 5. The van der Waals surface area contributed by atoms with E-state index in [4.69, 9.17) is 0 Å². The molecule has 5 rings (SSSR count). The van der Waals surface area contributed by atoms with Gasteiger partial charge in [-0.1, -0.05) is 78.9 Å². The molecule has 0 amide bonds.